The lowest BCUT2D eigenvalue weighted by atomic mass is 10.5. The monoisotopic (exact) mass is 228 g/mol. The van der Waals surface area contributed by atoms with E-state index in [1.54, 1.807) is 7.05 Å². The number of hydrogen-bond acceptors (Lipinski definition) is 5. The van der Waals surface area contributed by atoms with Crippen molar-refractivity contribution in [1.29, 1.82) is 0 Å². The first-order valence-corrected chi connectivity index (χ1v) is 4.48. The highest BCUT2D eigenvalue weighted by Gasteiger charge is 2.05. The standard InChI is InChI=1S/C8H12N4O4/c1-12-5-10-6(11-12)2-9-7(13)3-16-4-8(14)15/h5H,2-4H2,1H3,(H,9,13)(H,14,15). The number of aromatic nitrogens is 3. The Bertz CT molecular complexity index is 376. The number of aliphatic carboxylic acids is 1. The maximum Gasteiger partial charge on any atom is 0.329 e. The van der Waals surface area contributed by atoms with Crippen molar-refractivity contribution in [3.8, 4) is 0 Å². The molecule has 1 heterocycles. The van der Waals surface area contributed by atoms with Crippen LogP contribution in [0.25, 0.3) is 0 Å². The summed E-state index contributed by atoms with van der Waals surface area (Å²) in [6, 6.07) is 0. The van der Waals surface area contributed by atoms with Gasteiger partial charge in [0.05, 0.1) is 6.54 Å². The normalized spacial score (nSPS) is 10.1. The minimum atomic E-state index is -1.11. The fraction of sp³-hybridized carbons (Fsp3) is 0.500. The summed E-state index contributed by atoms with van der Waals surface area (Å²) in [5.74, 6) is -1.04. The predicted octanol–water partition coefficient (Wildman–Crippen LogP) is -1.47. The third-order valence-electron chi connectivity index (χ3n) is 1.55. The molecular formula is C8H12N4O4. The van der Waals surface area contributed by atoms with E-state index in [4.69, 9.17) is 5.11 Å². The maximum atomic E-state index is 11.1. The van der Waals surface area contributed by atoms with Crippen molar-refractivity contribution in [2.45, 2.75) is 6.54 Å². The molecule has 1 aromatic heterocycles. The summed E-state index contributed by atoms with van der Waals surface area (Å²) < 4.78 is 6.11. The Kier molecular flexibility index (Phi) is 4.40. The van der Waals surface area contributed by atoms with E-state index in [-0.39, 0.29) is 13.2 Å². The average Bonchev–Trinajstić information content (AvgIpc) is 2.61. The second kappa shape index (κ2) is 5.81. The minimum Gasteiger partial charge on any atom is -0.480 e. The van der Waals surface area contributed by atoms with Gasteiger partial charge in [-0.25, -0.2) is 9.78 Å². The summed E-state index contributed by atoms with van der Waals surface area (Å²) in [5.41, 5.74) is 0. The van der Waals surface area contributed by atoms with Crippen LogP contribution in [0.4, 0.5) is 0 Å². The SMILES string of the molecule is Cn1cnc(CNC(=O)COCC(=O)O)n1. The lowest BCUT2D eigenvalue weighted by Gasteiger charge is -2.02. The van der Waals surface area contributed by atoms with Gasteiger partial charge in [-0.15, -0.1) is 0 Å². The lowest BCUT2D eigenvalue weighted by molar-refractivity contribution is -0.143. The Morgan fingerprint density at radius 3 is 2.88 bits per heavy atom. The number of nitrogens with zero attached hydrogens (tertiary/aromatic N) is 3. The summed E-state index contributed by atoms with van der Waals surface area (Å²) in [5, 5.41) is 14.7. The predicted molar refractivity (Wildman–Crippen MR) is 51.3 cm³/mol. The summed E-state index contributed by atoms with van der Waals surface area (Å²) in [6.45, 7) is -0.593. The molecule has 0 aliphatic rings. The molecule has 2 N–H and O–H groups in total. The molecule has 0 aromatic carbocycles. The van der Waals surface area contributed by atoms with Crippen LogP contribution in [0.15, 0.2) is 6.33 Å². The van der Waals surface area contributed by atoms with E-state index in [1.807, 2.05) is 0 Å². The zero-order chi connectivity index (χ0) is 12.0. The number of hydrogen-bond donors (Lipinski definition) is 2. The van der Waals surface area contributed by atoms with Gasteiger partial charge in [0.25, 0.3) is 0 Å². The zero-order valence-corrected chi connectivity index (χ0v) is 8.71. The van der Waals surface area contributed by atoms with Gasteiger partial charge in [-0.1, -0.05) is 0 Å². The van der Waals surface area contributed by atoms with E-state index in [1.165, 1.54) is 11.0 Å². The highest BCUT2D eigenvalue weighted by molar-refractivity contribution is 5.77. The molecule has 0 aliphatic carbocycles. The highest BCUT2D eigenvalue weighted by Crippen LogP contribution is 1.86. The van der Waals surface area contributed by atoms with Crippen molar-refractivity contribution < 1.29 is 19.4 Å². The molecule has 8 heteroatoms. The van der Waals surface area contributed by atoms with Crippen molar-refractivity contribution >= 4 is 11.9 Å². The van der Waals surface area contributed by atoms with Gasteiger partial charge in [-0.3, -0.25) is 9.48 Å². The van der Waals surface area contributed by atoms with Crippen LogP contribution < -0.4 is 5.32 Å². The molecule has 0 bridgehead atoms. The van der Waals surface area contributed by atoms with Crippen molar-refractivity contribution in [3.05, 3.63) is 12.2 Å². The first-order chi connectivity index (χ1) is 7.58. The van der Waals surface area contributed by atoms with Crippen LogP contribution in [0.3, 0.4) is 0 Å². The number of carbonyl (C=O) groups excluding carboxylic acids is 1. The van der Waals surface area contributed by atoms with Crippen molar-refractivity contribution in [3.63, 3.8) is 0 Å². The average molecular weight is 228 g/mol. The highest BCUT2D eigenvalue weighted by atomic mass is 16.5. The maximum absolute atomic E-state index is 11.1. The van der Waals surface area contributed by atoms with Gasteiger partial charge < -0.3 is 15.2 Å². The van der Waals surface area contributed by atoms with Crippen molar-refractivity contribution in [1.82, 2.24) is 20.1 Å². The van der Waals surface area contributed by atoms with E-state index in [0.717, 1.165) is 0 Å². The Morgan fingerprint density at radius 2 is 2.31 bits per heavy atom. The van der Waals surface area contributed by atoms with Crippen LogP contribution in [0.2, 0.25) is 0 Å². The van der Waals surface area contributed by atoms with E-state index in [0.29, 0.717) is 5.82 Å². The van der Waals surface area contributed by atoms with Crippen LogP contribution in [0.5, 0.6) is 0 Å². The molecule has 0 saturated heterocycles. The van der Waals surface area contributed by atoms with Gasteiger partial charge in [0.15, 0.2) is 5.82 Å². The number of nitrogens with one attached hydrogen (secondary N) is 1. The first kappa shape index (κ1) is 12.1. The number of ether oxygens (including phenoxy) is 1. The van der Waals surface area contributed by atoms with Crippen LogP contribution in [0, 0.1) is 0 Å². The number of carboxylic acids is 1. The topological polar surface area (TPSA) is 106 Å². The fourth-order valence-corrected chi connectivity index (χ4v) is 0.925. The van der Waals surface area contributed by atoms with Gasteiger partial charge in [0.2, 0.25) is 5.91 Å². The molecule has 1 rings (SSSR count). The molecule has 0 fully saturated rings. The van der Waals surface area contributed by atoms with Crippen LogP contribution in [-0.4, -0.2) is 45.0 Å². The van der Waals surface area contributed by atoms with Crippen LogP contribution >= 0.6 is 0 Å². The third kappa shape index (κ3) is 4.51. The van der Waals surface area contributed by atoms with E-state index in [9.17, 15) is 9.59 Å². The number of amides is 1. The number of carboxylic acid groups (broad SMARTS) is 1. The quantitative estimate of drug-likeness (QED) is 0.615. The van der Waals surface area contributed by atoms with E-state index >= 15 is 0 Å². The zero-order valence-electron chi connectivity index (χ0n) is 8.71. The summed E-state index contributed by atoms with van der Waals surface area (Å²) in [4.78, 5) is 25.1. The molecule has 0 radical (unpaired) electrons. The number of carbonyl (C=O) groups is 2. The van der Waals surface area contributed by atoms with Crippen molar-refractivity contribution in [2.75, 3.05) is 13.2 Å². The van der Waals surface area contributed by atoms with Gasteiger partial charge in [-0.2, -0.15) is 5.10 Å². The molecule has 0 atom stereocenters. The summed E-state index contributed by atoms with van der Waals surface area (Å²) >= 11 is 0. The second-order valence-electron chi connectivity index (χ2n) is 3.00. The van der Waals surface area contributed by atoms with Crippen LogP contribution in [-0.2, 0) is 27.9 Å². The summed E-state index contributed by atoms with van der Waals surface area (Å²) in [6.07, 6.45) is 1.52. The summed E-state index contributed by atoms with van der Waals surface area (Å²) in [7, 11) is 1.72. The molecule has 1 aromatic rings. The van der Waals surface area contributed by atoms with Crippen LogP contribution in [0.1, 0.15) is 5.82 Å². The number of rotatable bonds is 6. The third-order valence-corrected chi connectivity index (χ3v) is 1.55. The van der Waals surface area contributed by atoms with E-state index < -0.39 is 18.5 Å². The molecule has 0 saturated carbocycles. The minimum absolute atomic E-state index is 0.191. The first-order valence-electron chi connectivity index (χ1n) is 4.48. The second-order valence-corrected chi connectivity index (χ2v) is 3.00. The molecule has 1 amide bonds. The Balaban J connectivity index is 2.17. The van der Waals surface area contributed by atoms with Gasteiger partial charge in [0, 0.05) is 7.05 Å². The van der Waals surface area contributed by atoms with Crippen molar-refractivity contribution in [2.24, 2.45) is 7.05 Å². The lowest BCUT2D eigenvalue weighted by Crippen LogP contribution is -2.28. The molecule has 8 nitrogen and oxygen atoms in total. The van der Waals surface area contributed by atoms with Gasteiger partial charge >= 0.3 is 5.97 Å². The smallest absolute Gasteiger partial charge is 0.329 e. The molecule has 0 aliphatic heterocycles. The Hall–Kier alpha value is -1.96. The molecule has 0 unspecified atom stereocenters. The van der Waals surface area contributed by atoms with E-state index in [2.05, 4.69) is 20.1 Å². The van der Waals surface area contributed by atoms with Gasteiger partial charge in [0.1, 0.15) is 19.5 Å². The number of aryl methyl sites for hydroxylation is 1. The molecule has 16 heavy (non-hydrogen) atoms. The van der Waals surface area contributed by atoms with Gasteiger partial charge in [-0.05, 0) is 0 Å². The molecule has 0 spiro atoms. The Morgan fingerprint density at radius 1 is 1.56 bits per heavy atom. The fourth-order valence-electron chi connectivity index (χ4n) is 0.925. The molecule has 88 valence electrons. The molecular weight excluding hydrogens is 216 g/mol. The largest absolute Gasteiger partial charge is 0.480 e. The Labute approximate surface area is 91.2 Å².